The Hall–Kier alpha value is -3.58. The lowest BCUT2D eigenvalue weighted by Crippen LogP contribution is -2.06. The first kappa shape index (κ1) is 27.5. The number of thiophene rings is 1. The number of aliphatic carboxylic acids is 1. The van der Waals surface area contributed by atoms with Gasteiger partial charge in [-0.25, -0.2) is 0 Å². The van der Waals surface area contributed by atoms with Crippen molar-refractivity contribution in [3.8, 4) is 10.4 Å². The van der Waals surface area contributed by atoms with Crippen LogP contribution in [0.2, 0.25) is 0 Å². The number of halogens is 3. The van der Waals surface area contributed by atoms with Gasteiger partial charge in [-0.05, 0) is 66.8 Å². The largest absolute Gasteiger partial charge is 0.489 e. The molecule has 7 heteroatoms. The van der Waals surface area contributed by atoms with Crippen molar-refractivity contribution in [1.29, 1.82) is 0 Å². The van der Waals surface area contributed by atoms with Crippen molar-refractivity contribution < 1.29 is 27.8 Å². The average Bonchev–Trinajstić information content (AvgIpc) is 3.32. The van der Waals surface area contributed by atoms with Gasteiger partial charge < -0.3 is 9.84 Å². The molecule has 0 spiro atoms. The second-order valence-electron chi connectivity index (χ2n) is 9.24. The Labute approximate surface area is 224 Å². The highest BCUT2D eigenvalue weighted by Crippen LogP contribution is 2.38. The van der Waals surface area contributed by atoms with Crippen LogP contribution in [-0.2, 0) is 22.1 Å². The van der Waals surface area contributed by atoms with Crippen LogP contribution in [0.3, 0.4) is 0 Å². The lowest BCUT2D eigenvalue weighted by Gasteiger charge is -2.20. The molecule has 38 heavy (non-hydrogen) atoms. The Morgan fingerprint density at radius 2 is 1.76 bits per heavy atom. The molecule has 1 aliphatic rings. The van der Waals surface area contributed by atoms with E-state index in [1.807, 2.05) is 61.5 Å². The summed E-state index contributed by atoms with van der Waals surface area (Å²) in [5, 5.41) is 8.94. The summed E-state index contributed by atoms with van der Waals surface area (Å²) in [7, 11) is 0. The zero-order valence-electron chi connectivity index (χ0n) is 21.0. The molecule has 0 saturated heterocycles. The van der Waals surface area contributed by atoms with Crippen LogP contribution in [0.1, 0.15) is 54.7 Å². The van der Waals surface area contributed by atoms with Crippen LogP contribution in [0.5, 0.6) is 0 Å². The van der Waals surface area contributed by atoms with E-state index in [0.29, 0.717) is 25.7 Å². The van der Waals surface area contributed by atoms with Crippen LogP contribution in [0.4, 0.5) is 13.2 Å². The van der Waals surface area contributed by atoms with E-state index in [-0.39, 0.29) is 12.5 Å². The number of carboxylic acids is 1. The molecule has 0 fully saturated rings. The molecule has 1 heterocycles. The molecule has 0 saturated carbocycles. The Kier molecular flexibility index (Phi) is 8.89. The van der Waals surface area contributed by atoms with Crippen molar-refractivity contribution >= 4 is 17.3 Å². The van der Waals surface area contributed by atoms with Crippen LogP contribution in [-0.4, -0.2) is 11.1 Å². The van der Waals surface area contributed by atoms with Crippen LogP contribution in [0.25, 0.3) is 10.4 Å². The Balaban J connectivity index is 1.56. The van der Waals surface area contributed by atoms with Gasteiger partial charge in [-0.2, -0.15) is 13.2 Å². The molecule has 3 nitrogen and oxygen atoms in total. The van der Waals surface area contributed by atoms with Gasteiger partial charge in [0, 0.05) is 29.0 Å². The highest BCUT2D eigenvalue weighted by atomic mass is 32.1. The molecule has 2 aromatic carbocycles. The number of benzene rings is 2. The molecule has 3 aromatic rings. The van der Waals surface area contributed by atoms with Crippen molar-refractivity contribution in [2.45, 2.75) is 51.3 Å². The number of carboxylic acid groups (broad SMARTS) is 1. The second-order valence-corrected chi connectivity index (χ2v) is 10.4. The molecule has 0 amide bonds. The van der Waals surface area contributed by atoms with E-state index in [9.17, 15) is 18.0 Å². The number of hydrogen-bond acceptors (Lipinski definition) is 3. The predicted octanol–water partition coefficient (Wildman–Crippen LogP) is 9.15. The SMILES string of the molecule is CC1=CCC(OC(Cc2ccccc2)c2ccc(-c3ccc(C(F)(F)F)cc3)s2)=CC=C1CCCC(=O)O. The third-order valence-electron chi connectivity index (χ3n) is 6.42. The lowest BCUT2D eigenvalue weighted by molar-refractivity contribution is -0.138. The fourth-order valence-corrected chi connectivity index (χ4v) is 5.33. The molecular weight excluding hydrogens is 509 g/mol. The van der Waals surface area contributed by atoms with Crippen LogP contribution < -0.4 is 0 Å². The maximum absolute atomic E-state index is 13.0. The Morgan fingerprint density at radius 3 is 2.45 bits per heavy atom. The molecule has 1 atom stereocenters. The molecule has 4 rings (SSSR count). The molecule has 1 N–H and O–H groups in total. The molecule has 1 aromatic heterocycles. The second kappa shape index (κ2) is 12.3. The molecule has 198 valence electrons. The highest BCUT2D eigenvalue weighted by molar-refractivity contribution is 7.15. The minimum absolute atomic E-state index is 0.135. The first-order chi connectivity index (χ1) is 18.2. The normalized spacial score (nSPS) is 14.7. The van der Waals surface area contributed by atoms with Gasteiger partial charge in [0.25, 0.3) is 0 Å². The van der Waals surface area contributed by atoms with E-state index in [1.54, 1.807) is 0 Å². The van der Waals surface area contributed by atoms with E-state index in [0.717, 1.165) is 49.9 Å². The third-order valence-corrected chi connectivity index (χ3v) is 7.65. The zero-order chi connectivity index (χ0) is 27.1. The predicted molar refractivity (Wildman–Crippen MR) is 145 cm³/mol. The highest BCUT2D eigenvalue weighted by Gasteiger charge is 2.30. The molecule has 0 aliphatic heterocycles. The third kappa shape index (κ3) is 7.48. The van der Waals surface area contributed by atoms with Gasteiger partial charge in [-0.15, -0.1) is 11.3 Å². The fourth-order valence-electron chi connectivity index (χ4n) is 4.29. The number of alkyl halides is 3. The summed E-state index contributed by atoms with van der Waals surface area (Å²) in [6.07, 6.45) is 4.11. The Morgan fingerprint density at radius 1 is 1.03 bits per heavy atom. The van der Waals surface area contributed by atoms with Crippen LogP contribution in [0, 0.1) is 0 Å². The summed E-state index contributed by atoms with van der Waals surface area (Å²) in [6, 6.07) is 19.2. The van der Waals surface area contributed by atoms with Crippen LogP contribution in [0.15, 0.2) is 102 Å². The summed E-state index contributed by atoms with van der Waals surface area (Å²) in [5.74, 6) is 0.0128. The topological polar surface area (TPSA) is 46.5 Å². The number of allylic oxidation sites excluding steroid dienone is 5. The molecule has 0 radical (unpaired) electrons. The number of hydrogen-bond donors (Lipinski definition) is 1. The minimum atomic E-state index is -4.36. The lowest BCUT2D eigenvalue weighted by atomic mass is 10.0. The van der Waals surface area contributed by atoms with Gasteiger partial charge in [-0.3, -0.25) is 4.79 Å². The summed E-state index contributed by atoms with van der Waals surface area (Å²) in [5.41, 5.74) is 3.40. The van der Waals surface area contributed by atoms with E-state index in [4.69, 9.17) is 9.84 Å². The van der Waals surface area contributed by atoms with E-state index in [2.05, 4.69) is 6.08 Å². The number of rotatable bonds is 10. The van der Waals surface area contributed by atoms with E-state index < -0.39 is 17.7 Å². The van der Waals surface area contributed by atoms with Crippen LogP contribution >= 0.6 is 11.3 Å². The number of carbonyl (C=O) groups is 1. The first-order valence-corrected chi connectivity index (χ1v) is 13.3. The maximum atomic E-state index is 13.0. The fraction of sp³-hybridized carbons (Fsp3) is 0.258. The van der Waals surface area contributed by atoms with Crippen molar-refractivity contribution in [2.75, 3.05) is 0 Å². The van der Waals surface area contributed by atoms with Gasteiger partial charge in [0.1, 0.15) is 11.9 Å². The summed E-state index contributed by atoms with van der Waals surface area (Å²) in [6.45, 7) is 2.03. The molecular formula is C31H29F3O3S. The van der Waals surface area contributed by atoms with Gasteiger partial charge >= 0.3 is 12.1 Å². The number of ether oxygens (including phenoxy) is 1. The van der Waals surface area contributed by atoms with Crippen molar-refractivity contribution in [3.05, 3.63) is 118 Å². The van der Waals surface area contributed by atoms with Crippen molar-refractivity contribution in [3.63, 3.8) is 0 Å². The smallest absolute Gasteiger partial charge is 0.416 e. The summed E-state index contributed by atoms with van der Waals surface area (Å²) in [4.78, 5) is 12.7. The molecule has 0 bridgehead atoms. The monoisotopic (exact) mass is 538 g/mol. The summed E-state index contributed by atoms with van der Waals surface area (Å²) >= 11 is 1.52. The van der Waals surface area contributed by atoms with Gasteiger partial charge in [-0.1, -0.05) is 60.2 Å². The average molecular weight is 539 g/mol. The molecule has 1 aliphatic carbocycles. The van der Waals surface area contributed by atoms with E-state index in [1.165, 1.54) is 23.5 Å². The summed E-state index contributed by atoms with van der Waals surface area (Å²) < 4.78 is 45.5. The Bertz CT molecular complexity index is 1330. The standard InChI is InChI=1S/C31H29F3O3S/c1-21-10-16-26(17-13-23(21)8-5-9-30(35)36)37-27(20-22-6-3-2-4-7-22)29-19-18-28(38-29)24-11-14-25(15-12-24)31(32,33)34/h2-4,6-7,10-15,17-19,27H,5,8-9,16,20H2,1H3,(H,35,36). The van der Waals surface area contributed by atoms with Gasteiger partial charge in [0.15, 0.2) is 0 Å². The zero-order valence-corrected chi connectivity index (χ0v) is 21.8. The van der Waals surface area contributed by atoms with Crippen molar-refractivity contribution in [1.82, 2.24) is 0 Å². The maximum Gasteiger partial charge on any atom is 0.416 e. The molecule has 1 unspecified atom stereocenters. The van der Waals surface area contributed by atoms with E-state index >= 15 is 0 Å². The van der Waals surface area contributed by atoms with Gasteiger partial charge in [0.2, 0.25) is 0 Å². The first-order valence-electron chi connectivity index (χ1n) is 12.5. The van der Waals surface area contributed by atoms with Crippen molar-refractivity contribution in [2.24, 2.45) is 0 Å². The van der Waals surface area contributed by atoms with Gasteiger partial charge in [0.05, 0.1) is 5.56 Å². The quantitative estimate of drug-likeness (QED) is 0.280. The minimum Gasteiger partial charge on any atom is -0.489 e.